The molecule has 0 bridgehead atoms. The SMILES string of the molecule is CCc1nc2c3c(nn2c(C)c1Cl)CN(C(=O)c1ccccc1O)C3.OC1CCOC1. The Kier molecular flexibility index (Phi) is 6.13. The van der Waals surface area contributed by atoms with E-state index in [-0.39, 0.29) is 17.8 Å². The Bertz CT molecular complexity index is 1120. The number of aromatic nitrogens is 3. The average Bonchev–Trinajstić information content (AvgIpc) is 3.48. The lowest BCUT2D eigenvalue weighted by Crippen LogP contribution is -2.26. The molecule has 1 amide bonds. The zero-order valence-corrected chi connectivity index (χ0v) is 18.3. The fourth-order valence-electron chi connectivity index (χ4n) is 3.75. The maximum absolute atomic E-state index is 12.7. The number of aliphatic hydroxyl groups excluding tert-OH is 1. The van der Waals surface area contributed by atoms with E-state index in [0.717, 1.165) is 47.7 Å². The van der Waals surface area contributed by atoms with Crippen molar-refractivity contribution >= 4 is 23.2 Å². The molecule has 4 heterocycles. The second-order valence-corrected chi connectivity index (χ2v) is 8.05. The van der Waals surface area contributed by atoms with E-state index < -0.39 is 0 Å². The number of aryl methyl sites for hydroxylation is 2. The highest BCUT2D eigenvalue weighted by Gasteiger charge is 2.31. The molecule has 164 valence electrons. The summed E-state index contributed by atoms with van der Waals surface area (Å²) in [5.74, 6) is -0.226. The second kappa shape index (κ2) is 8.82. The van der Waals surface area contributed by atoms with Crippen LogP contribution in [0.2, 0.25) is 5.02 Å². The quantitative estimate of drug-likeness (QED) is 0.630. The van der Waals surface area contributed by atoms with Crippen molar-refractivity contribution in [3.8, 4) is 5.75 Å². The van der Waals surface area contributed by atoms with Crippen molar-refractivity contribution in [2.45, 2.75) is 45.9 Å². The first-order chi connectivity index (χ1) is 14.9. The van der Waals surface area contributed by atoms with E-state index in [9.17, 15) is 9.90 Å². The van der Waals surface area contributed by atoms with E-state index in [0.29, 0.717) is 30.3 Å². The molecule has 1 fully saturated rings. The predicted molar refractivity (Wildman–Crippen MR) is 115 cm³/mol. The van der Waals surface area contributed by atoms with Crippen LogP contribution in [0.5, 0.6) is 5.75 Å². The third-order valence-corrected chi connectivity index (χ3v) is 6.01. The maximum Gasteiger partial charge on any atom is 0.258 e. The molecule has 3 aromatic rings. The van der Waals surface area contributed by atoms with Gasteiger partial charge in [0.05, 0.1) is 53.5 Å². The van der Waals surface area contributed by atoms with Crippen molar-refractivity contribution in [1.29, 1.82) is 0 Å². The van der Waals surface area contributed by atoms with Crippen LogP contribution in [-0.4, -0.2) is 54.9 Å². The van der Waals surface area contributed by atoms with E-state index >= 15 is 0 Å². The summed E-state index contributed by atoms with van der Waals surface area (Å²) in [6.07, 6.45) is 1.38. The van der Waals surface area contributed by atoms with Crippen LogP contribution < -0.4 is 0 Å². The number of halogens is 1. The summed E-state index contributed by atoms with van der Waals surface area (Å²) in [6, 6.07) is 6.57. The molecule has 1 unspecified atom stereocenters. The molecule has 2 aliphatic heterocycles. The molecule has 0 aliphatic carbocycles. The van der Waals surface area contributed by atoms with Gasteiger partial charge in [0, 0.05) is 12.2 Å². The number of carbonyl (C=O) groups excluding carboxylic acids is 1. The molecule has 9 heteroatoms. The topological polar surface area (TPSA) is 100 Å². The highest BCUT2D eigenvalue weighted by Crippen LogP contribution is 2.31. The number of ether oxygens (including phenoxy) is 1. The number of nitrogens with zero attached hydrogens (tertiary/aromatic N) is 4. The molecule has 2 aromatic heterocycles. The summed E-state index contributed by atoms with van der Waals surface area (Å²) in [6.45, 7) is 6.02. The van der Waals surface area contributed by atoms with E-state index in [4.69, 9.17) is 21.4 Å². The van der Waals surface area contributed by atoms with Crippen molar-refractivity contribution < 1.29 is 19.7 Å². The zero-order valence-electron chi connectivity index (χ0n) is 17.5. The summed E-state index contributed by atoms with van der Waals surface area (Å²) < 4.78 is 6.56. The van der Waals surface area contributed by atoms with Gasteiger partial charge in [-0.2, -0.15) is 5.10 Å². The Morgan fingerprint density at radius 3 is 2.71 bits per heavy atom. The molecule has 5 rings (SSSR count). The van der Waals surface area contributed by atoms with Crippen LogP contribution in [0.1, 0.15) is 46.3 Å². The van der Waals surface area contributed by atoms with Gasteiger partial charge in [0.15, 0.2) is 5.65 Å². The molecule has 2 aliphatic rings. The highest BCUT2D eigenvalue weighted by atomic mass is 35.5. The van der Waals surface area contributed by atoms with E-state index in [1.54, 1.807) is 27.6 Å². The number of aliphatic hydroxyl groups is 1. The van der Waals surface area contributed by atoms with Crippen LogP contribution in [-0.2, 0) is 24.2 Å². The molecular formula is C22H25ClN4O4. The summed E-state index contributed by atoms with van der Waals surface area (Å²) in [4.78, 5) is 19.0. The van der Waals surface area contributed by atoms with Crippen molar-refractivity contribution in [3.05, 3.63) is 57.5 Å². The lowest BCUT2D eigenvalue weighted by atomic mass is 10.2. The second-order valence-electron chi connectivity index (χ2n) is 7.67. The molecule has 0 radical (unpaired) electrons. The van der Waals surface area contributed by atoms with E-state index in [1.165, 1.54) is 6.07 Å². The Balaban J connectivity index is 0.000000334. The van der Waals surface area contributed by atoms with E-state index in [1.807, 2.05) is 13.8 Å². The van der Waals surface area contributed by atoms with Crippen molar-refractivity contribution in [2.24, 2.45) is 0 Å². The number of rotatable bonds is 2. The minimum atomic E-state index is -0.212. The lowest BCUT2D eigenvalue weighted by Gasteiger charge is -2.16. The molecule has 8 nitrogen and oxygen atoms in total. The summed E-state index contributed by atoms with van der Waals surface area (Å²) >= 11 is 6.36. The molecule has 1 saturated heterocycles. The van der Waals surface area contributed by atoms with Gasteiger partial charge in [0.1, 0.15) is 5.75 Å². The smallest absolute Gasteiger partial charge is 0.258 e. The molecule has 1 atom stereocenters. The number of hydrogen-bond acceptors (Lipinski definition) is 6. The standard InChI is InChI=1S/C18H17ClN4O2.C4H8O2/c1-3-13-16(19)10(2)23-17(20-13)12-8-22(9-14(12)21-23)18(25)11-6-4-5-7-15(11)24;5-4-1-2-6-3-4/h4-7,24H,3,8-9H2,1-2H3;4-5H,1-3H2. The molecule has 1 aromatic carbocycles. The lowest BCUT2D eigenvalue weighted by molar-refractivity contribution is 0.0746. The Morgan fingerprint density at radius 1 is 1.32 bits per heavy atom. The largest absolute Gasteiger partial charge is 0.507 e. The Hall–Kier alpha value is -2.68. The van der Waals surface area contributed by atoms with Gasteiger partial charge in [0.25, 0.3) is 5.91 Å². The number of fused-ring (bicyclic) bond motifs is 3. The number of hydrogen-bond donors (Lipinski definition) is 2. The predicted octanol–water partition coefficient (Wildman–Crippen LogP) is 2.88. The third-order valence-electron chi connectivity index (χ3n) is 5.52. The molecular weight excluding hydrogens is 420 g/mol. The number of amides is 1. The van der Waals surface area contributed by atoms with Crippen molar-refractivity contribution in [1.82, 2.24) is 19.5 Å². The number of benzene rings is 1. The van der Waals surface area contributed by atoms with Gasteiger partial charge in [-0.05, 0) is 31.9 Å². The van der Waals surface area contributed by atoms with Gasteiger partial charge in [-0.15, -0.1) is 0 Å². The molecule has 31 heavy (non-hydrogen) atoms. The normalized spacial score (nSPS) is 17.5. The van der Waals surface area contributed by atoms with Gasteiger partial charge in [0.2, 0.25) is 0 Å². The number of phenols is 1. The first-order valence-corrected chi connectivity index (χ1v) is 10.7. The van der Waals surface area contributed by atoms with Gasteiger partial charge in [-0.1, -0.05) is 30.7 Å². The molecule has 0 saturated carbocycles. The van der Waals surface area contributed by atoms with Gasteiger partial charge < -0.3 is 19.8 Å². The fraction of sp³-hybridized carbons (Fsp3) is 0.409. The average molecular weight is 445 g/mol. The first-order valence-electron chi connectivity index (χ1n) is 10.3. The highest BCUT2D eigenvalue weighted by molar-refractivity contribution is 6.31. The number of phenolic OH excluding ortho intramolecular Hbond substituents is 1. The van der Waals surface area contributed by atoms with Crippen LogP contribution in [0, 0.1) is 6.92 Å². The zero-order chi connectivity index (χ0) is 22.1. The minimum Gasteiger partial charge on any atom is -0.507 e. The maximum atomic E-state index is 12.7. The molecule has 2 N–H and O–H groups in total. The van der Waals surface area contributed by atoms with Crippen LogP contribution in [0.25, 0.3) is 5.65 Å². The van der Waals surface area contributed by atoms with Crippen LogP contribution in [0.3, 0.4) is 0 Å². The van der Waals surface area contributed by atoms with Crippen LogP contribution >= 0.6 is 11.6 Å². The van der Waals surface area contributed by atoms with Crippen LogP contribution in [0.15, 0.2) is 24.3 Å². The number of carbonyl (C=O) groups is 1. The summed E-state index contributed by atoms with van der Waals surface area (Å²) in [5, 5.41) is 23.8. The summed E-state index contributed by atoms with van der Waals surface area (Å²) in [5.41, 5.74) is 4.51. The first kappa shape index (κ1) is 21.5. The number of aromatic hydroxyl groups is 1. The Labute approximate surface area is 185 Å². The van der Waals surface area contributed by atoms with Crippen LogP contribution in [0.4, 0.5) is 0 Å². The third kappa shape index (κ3) is 4.11. The van der Waals surface area contributed by atoms with Crippen molar-refractivity contribution in [2.75, 3.05) is 13.2 Å². The van der Waals surface area contributed by atoms with Gasteiger partial charge in [-0.25, -0.2) is 9.50 Å². The number of para-hydroxylation sites is 1. The van der Waals surface area contributed by atoms with Crippen molar-refractivity contribution in [3.63, 3.8) is 0 Å². The monoisotopic (exact) mass is 444 g/mol. The minimum absolute atomic E-state index is 0.0136. The molecule has 0 spiro atoms. The summed E-state index contributed by atoms with van der Waals surface area (Å²) in [7, 11) is 0. The van der Waals surface area contributed by atoms with E-state index in [2.05, 4.69) is 10.1 Å². The van der Waals surface area contributed by atoms with Gasteiger partial charge >= 0.3 is 0 Å². The Morgan fingerprint density at radius 2 is 2.10 bits per heavy atom. The fourth-order valence-corrected chi connectivity index (χ4v) is 4.01. The van der Waals surface area contributed by atoms with Gasteiger partial charge in [-0.3, -0.25) is 4.79 Å².